The van der Waals surface area contributed by atoms with Crippen molar-refractivity contribution in [1.82, 2.24) is 4.98 Å². The van der Waals surface area contributed by atoms with E-state index in [1.165, 1.54) is 19.3 Å². The zero-order chi connectivity index (χ0) is 13.9. The lowest BCUT2D eigenvalue weighted by atomic mass is 9.80. The first-order valence-corrected chi connectivity index (χ1v) is 8.24. The molecule has 1 aromatic heterocycles. The van der Waals surface area contributed by atoms with E-state index < -0.39 is 0 Å². The second-order valence-electron chi connectivity index (χ2n) is 5.60. The topological polar surface area (TPSA) is 42.0 Å². The minimum atomic E-state index is 0.151. The Morgan fingerprint density at radius 3 is 2.75 bits per heavy atom. The van der Waals surface area contributed by atoms with Crippen LogP contribution in [0.15, 0.2) is 24.3 Å². The molecule has 106 valence electrons. The van der Waals surface area contributed by atoms with Gasteiger partial charge in [-0.3, -0.25) is 4.79 Å². The van der Waals surface area contributed by atoms with E-state index in [4.69, 9.17) is 0 Å². The van der Waals surface area contributed by atoms with Crippen molar-refractivity contribution in [3.63, 3.8) is 0 Å². The highest BCUT2D eigenvalue weighted by atomic mass is 32.1. The number of carbonyl (C=O) groups excluding carboxylic acids is 1. The number of benzene rings is 1. The lowest BCUT2D eigenvalue weighted by molar-refractivity contribution is -0.121. The summed E-state index contributed by atoms with van der Waals surface area (Å²) in [5.74, 6) is 1.14. The molecule has 3 rings (SSSR count). The van der Waals surface area contributed by atoms with E-state index in [-0.39, 0.29) is 11.8 Å². The molecule has 0 unspecified atom stereocenters. The van der Waals surface area contributed by atoms with E-state index in [1.807, 2.05) is 24.3 Å². The average molecular weight is 288 g/mol. The summed E-state index contributed by atoms with van der Waals surface area (Å²) in [6.45, 7) is 2.24. The second-order valence-corrected chi connectivity index (χ2v) is 6.63. The van der Waals surface area contributed by atoms with Crippen molar-refractivity contribution < 1.29 is 4.79 Å². The molecule has 0 aliphatic heterocycles. The van der Waals surface area contributed by atoms with Crippen LogP contribution in [0.4, 0.5) is 5.13 Å². The standard InChI is InChI=1S/C16H20N2OS/c1-2-11-7-9-12(10-8-11)15(19)18-16-17-13-5-3-4-6-14(13)20-16/h3-6,11-12H,2,7-10H2,1H3,(H,17,18,19). The van der Waals surface area contributed by atoms with E-state index in [9.17, 15) is 4.79 Å². The van der Waals surface area contributed by atoms with Gasteiger partial charge < -0.3 is 5.32 Å². The monoisotopic (exact) mass is 288 g/mol. The van der Waals surface area contributed by atoms with Gasteiger partial charge in [0.1, 0.15) is 0 Å². The quantitative estimate of drug-likeness (QED) is 0.906. The fourth-order valence-corrected chi connectivity index (χ4v) is 3.83. The molecule has 0 radical (unpaired) electrons. The summed E-state index contributed by atoms with van der Waals surface area (Å²) in [6.07, 6.45) is 5.67. The van der Waals surface area contributed by atoms with Crippen LogP contribution in [0, 0.1) is 11.8 Å². The number of carbonyl (C=O) groups is 1. The van der Waals surface area contributed by atoms with Crippen LogP contribution in [0.2, 0.25) is 0 Å². The smallest absolute Gasteiger partial charge is 0.229 e. The number of aromatic nitrogens is 1. The van der Waals surface area contributed by atoms with Gasteiger partial charge in [-0.1, -0.05) is 36.8 Å². The molecule has 1 saturated carbocycles. The zero-order valence-corrected chi connectivity index (χ0v) is 12.6. The van der Waals surface area contributed by atoms with Gasteiger partial charge in [-0.15, -0.1) is 0 Å². The highest BCUT2D eigenvalue weighted by Crippen LogP contribution is 2.32. The van der Waals surface area contributed by atoms with Crippen LogP contribution in [-0.4, -0.2) is 10.9 Å². The van der Waals surface area contributed by atoms with E-state index in [1.54, 1.807) is 11.3 Å². The number of fused-ring (bicyclic) bond motifs is 1. The maximum Gasteiger partial charge on any atom is 0.229 e. The van der Waals surface area contributed by atoms with Crippen molar-refractivity contribution in [1.29, 1.82) is 0 Å². The molecule has 3 nitrogen and oxygen atoms in total. The first-order chi connectivity index (χ1) is 9.76. The summed E-state index contributed by atoms with van der Waals surface area (Å²) in [5.41, 5.74) is 0.961. The minimum absolute atomic E-state index is 0.151. The second kappa shape index (κ2) is 5.92. The number of nitrogens with zero attached hydrogens (tertiary/aromatic N) is 1. The number of amides is 1. The molecule has 1 aliphatic carbocycles. The molecule has 20 heavy (non-hydrogen) atoms. The molecular formula is C16H20N2OS. The Morgan fingerprint density at radius 2 is 2.05 bits per heavy atom. The number of para-hydroxylation sites is 1. The predicted octanol–water partition coefficient (Wildman–Crippen LogP) is 4.45. The van der Waals surface area contributed by atoms with Gasteiger partial charge in [-0.2, -0.15) is 0 Å². The van der Waals surface area contributed by atoms with Gasteiger partial charge in [0.2, 0.25) is 5.91 Å². The highest BCUT2D eigenvalue weighted by molar-refractivity contribution is 7.22. The van der Waals surface area contributed by atoms with E-state index in [0.29, 0.717) is 0 Å². The van der Waals surface area contributed by atoms with Gasteiger partial charge in [0.25, 0.3) is 0 Å². The Bertz CT molecular complexity index is 566. The van der Waals surface area contributed by atoms with Crippen LogP contribution in [0.25, 0.3) is 10.2 Å². The lowest BCUT2D eigenvalue weighted by Gasteiger charge is -2.26. The van der Waals surface area contributed by atoms with Crippen molar-refractivity contribution in [2.45, 2.75) is 39.0 Å². The number of nitrogens with one attached hydrogen (secondary N) is 1. The maximum atomic E-state index is 12.3. The van der Waals surface area contributed by atoms with Crippen molar-refractivity contribution in [3.05, 3.63) is 24.3 Å². The van der Waals surface area contributed by atoms with E-state index in [0.717, 1.165) is 34.1 Å². The molecule has 1 amide bonds. The largest absolute Gasteiger partial charge is 0.302 e. The van der Waals surface area contributed by atoms with Crippen LogP contribution in [0.1, 0.15) is 39.0 Å². The Labute approximate surface area is 123 Å². The van der Waals surface area contributed by atoms with E-state index >= 15 is 0 Å². The van der Waals surface area contributed by atoms with Gasteiger partial charge in [0.15, 0.2) is 5.13 Å². The molecule has 2 aromatic rings. The molecular weight excluding hydrogens is 268 g/mol. The van der Waals surface area contributed by atoms with Crippen molar-refractivity contribution in [2.24, 2.45) is 11.8 Å². The molecule has 0 bridgehead atoms. The number of rotatable bonds is 3. The van der Waals surface area contributed by atoms with Crippen LogP contribution in [0.3, 0.4) is 0 Å². The van der Waals surface area contributed by atoms with Crippen molar-refractivity contribution in [2.75, 3.05) is 5.32 Å². The third-order valence-corrected chi connectivity index (χ3v) is 5.27. The van der Waals surface area contributed by atoms with Gasteiger partial charge in [-0.05, 0) is 43.7 Å². The summed E-state index contributed by atoms with van der Waals surface area (Å²) < 4.78 is 1.12. The zero-order valence-electron chi connectivity index (χ0n) is 11.8. The first-order valence-electron chi connectivity index (χ1n) is 7.42. The first kappa shape index (κ1) is 13.6. The number of thiazole rings is 1. The van der Waals surface area contributed by atoms with Crippen LogP contribution >= 0.6 is 11.3 Å². The number of hydrogen-bond donors (Lipinski definition) is 1. The minimum Gasteiger partial charge on any atom is -0.302 e. The van der Waals surface area contributed by atoms with Crippen LogP contribution in [0.5, 0.6) is 0 Å². The van der Waals surface area contributed by atoms with Gasteiger partial charge in [-0.25, -0.2) is 4.98 Å². The summed E-state index contributed by atoms with van der Waals surface area (Å²) in [4.78, 5) is 16.8. The Balaban J connectivity index is 1.64. The summed E-state index contributed by atoms with van der Waals surface area (Å²) in [5, 5.41) is 3.73. The molecule has 1 heterocycles. The Kier molecular flexibility index (Phi) is 4.01. The summed E-state index contributed by atoms with van der Waals surface area (Å²) >= 11 is 1.55. The average Bonchev–Trinajstić information content (AvgIpc) is 2.89. The fraction of sp³-hybridized carbons (Fsp3) is 0.500. The summed E-state index contributed by atoms with van der Waals surface area (Å²) in [6, 6.07) is 7.99. The molecule has 1 aliphatic rings. The van der Waals surface area contributed by atoms with Crippen molar-refractivity contribution in [3.8, 4) is 0 Å². The lowest BCUT2D eigenvalue weighted by Crippen LogP contribution is -2.27. The van der Waals surface area contributed by atoms with Crippen molar-refractivity contribution >= 4 is 32.6 Å². The van der Waals surface area contributed by atoms with Gasteiger partial charge >= 0.3 is 0 Å². The highest BCUT2D eigenvalue weighted by Gasteiger charge is 2.25. The number of hydrogen-bond acceptors (Lipinski definition) is 3. The predicted molar refractivity (Wildman–Crippen MR) is 84.0 cm³/mol. The van der Waals surface area contributed by atoms with E-state index in [2.05, 4.69) is 17.2 Å². The molecule has 0 saturated heterocycles. The fourth-order valence-electron chi connectivity index (χ4n) is 2.97. The SMILES string of the molecule is CCC1CCC(C(=O)Nc2nc3ccccc3s2)CC1. The molecule has 0 spiro atoms. The normalized spacial score (nSPS) is 22.9. The van der Waals surface area contributed by atoms with Crippen LogP contribution < -0.4 is 5.32 Å². The summed E-state index contributed by atoms with van der Waals surface area (Å²) in [7, 11) is 0. The molecule has 1 N–H and O–H groups in total. The molecule has 1 aromatic carbocycles. The van der Waals surface area contributed by atoms with Crippen LogP contribution in [-0.2, 0) is 4.79 Å². The molecule has 1 fully saturated rings. The molecule has 4 heteroatoms. The number of anilines is 1. The maximum absolute atomic E-state index is 12.3. The third-order valence-electron chi connectivity index (χ3n) is 4.32. The third kappa shape index (κ3) is 2.85. The molecule has 0 atom stereocenters. The Morgan fingerprint density at radius 1 is 1.30 bits per heavy atom. The van der Waals surface area contributed by atoms with Gasteiger partial charge in [0.05, 0.1) is 10.2 Å². The Hall–Kier alpha value is -1.42. The van der Waals surface area contributed by atoms with Gasteiger partial charge in [0, 0.05) is 5.92 Å².